The zero-order valence-corrected chi connectivity index (χ0v) is 16.3. The van der Waals surface area contributed by atoms with Crippen LogP contribution < -0.4 is 5.32 Å². The Bertz CT molecular complexity index is 845. The molecule has 4 rings (SSSR count). The van der Waals surface area contributed by atoms with Gasteiger partial charge in [-0.1, -0.05) is 20.4 Å². The van der Waals surface area contributed by atoms with Gasteiger partial charge >= 0.3 is 0 Å². The number of carbonyl (C=O) groups is 1. The van der Waals surface area contributed by atoms with Gasteiger partial charge in [-0.05, 0) is 38.0 Å². The third kappa shape index (κ3) is 3.70. The second-order valence-electron chi connectivity index (χ2n) is 8.20. The lowest BCUT2D eigenvalue weighted by molar-refractivity contribution is -0.135. The molecule has 1 amide bonds. The van der Waals surface area contributed by atoms with Crippen molar-refractivity contribution in [1.29, 1.82) is 0 Å². The molecule has 144 valence electrons. The van der Waals surface area contributed by atoms with Gasteiger partial charge in [0.05, 0.1) is 11.9 Å². The topological polar surface area (TPSA) is 73.9 Å². The van der Waals surface area contributed by atoms with Crippen LogP contribution in [0.3, 0.4) is 0 Å². The fourth-order valence-electron chi connectivity index (χ4n) is 3.80. The maximum atomic E-state index is 13.0. The largest absolute Gasteiger partial charge is 0.373 e. The van der Waals surface area contributed by atoms with Crippen LogP contribution in [-0.4, -0.2) is 44.9 Å². The number of nitrogens with zero attached hydrogens (tertiary/aromatic N) is 3. The van der Waals surface area contributed by atoms with Crippen LogP contribution >= 0.6 is 0 Å². The number of rotatable bonds is 6. The molecule has 0 spiro atoms. The smallest absolute Gasteiger partial charge is 0.245 e. The number of likely N-dealkylation sites (tertiary alicyclic amines) is 1. The van der Waals surface area contributed by atoms with Gasteiger partial charge in [-0.2, -0.15) is 0 Å². The third-order valence-corrected chi connectivity index (χ3v) is 5.65. The molecule has 0 radical (unpaired) electrons. The lowest BCUT2D eigenvalue weighted by Crippen LogP contribution is -2.50. The van der Waals surface area contributed by atoms with Gasteiger partial charge in [0.15, 0.2) is 5.65 Å². The number of nitrogens with one attached hydrogen (secondary N) is 2. The first-order valence-electron chi connectivity index (χ1n) is 10.1. The van der Waals surface area contributed by atoms with Gasteiger partial charge in [0.25, 0.3) is 0 Å². The highest BCUT2D eigenvalue weighted by molar-refractivity contribution is 5.89. The molecule has 2 fully saturated rings. The molecule has 1 saturated heterocycles. The van der Waals surface area contributed by atoms with Crippen LogP contribution in [0.5, 0.6) is 0 Å². The molecule has 2 aromatic rings. The van der Waals surface area contributed by atoms with Crippen LogP contribution in [0.4, 0.5) is 0 Å². The van der Waals surface area contributed by atoms with Crippen molar-refractivity contribution >= 4 is 22.8 Å². The fourth-order valence-corrected chi connectivity index (χ4v) is 3.80. The number of aromatic amines is 1. The van der Waals surface area contributed by atoms with E-state index in [0.717, 1.165) is 54.0 Å². The lowest BCUT2D eigenvalue weighted by Gasteiger charge is -2.33. The average molecular weight is 367 g/mol. The van der Waals surface area contributed by atoms with Crippen molar-refractivity contribution in [3.05, 3.63) is 30.2 Å². The molecule has 6 heteroatoms. The van der Waals surface area contributed by atoms with E-state index in [1.54, 1.807) is 0 Å². The maximum absolute atomic E-state index is 13.0. The van der Waals surface area contributed by atoms with E-state index in [2.05, 4.69) is 35.7 Å². The summed E-state index contributed by atoms with van der Waals surface area (Å²) >= 11 is 0. The van der Waals surface area contributed by atoms with Crippen LogP contribution in [0.25, 0.3) is 16.9 Å². The Morgan fingerprint density at radius 3 is 2.70 bits per heavy atom. The molecule has 0 aromatic carbocycles. The summed E-state index contributed by atoms with van der Waals surface area (Å²) in [5.74, 6) is 0.903. The predicted octanol–water partition coefficient (Wildman–Crippen LogP) is 3.43. The van der Waals surface area contributed by atoms with Crippen LogP contribution in [0.2, 0.25) is 0 Å². The van der Waals surface area contributed by atoms with Crippen molar-refractivity contribution < 1.29 is 4.79 Å². The van der Waals surface area contributed by atoms with Crippen LogP contribution in [0.1, 0.15) is 63.1 Å². The Morgan fingerprint density at radius 1 is 1.30 bits per heavy atom. The molecule has 2 aromatic heterocycles. The van der Waals surface area contributed by atoms with Crippen LogP contribution in [0, 0.1) is 5.92 Å². The Morgan fingerprint density at radius 2 is 2.04 bits per heavy atom. The van der Waals surface area contributed by atoms with Gasteiger partial charge in [-0.25, -0.2) is 9.97 Å². The summed E-state index contributed by atoms with van der Waals surface area (Å²) in [5, 5.41) is 3.40. The van der Waals surface area contributed by atoms with E-state index >= 15 is 0 Å². The first-order chi connectivity index (χ1) is 13.0. The lowest BCUT2D eigenvalue weighted by atomic mass is 10.00. The van der Waals surface area contributed by atoms with Crippen molar-refractivity contribution in [1.82, 2.24) is 25.2 Å². The number of aromatic nitrogens is 3. The van der Waals surface area contributed by atoms with Crippen molar-refractivity contribution in [3.8, 4) is 0 Å². The van der Waals surface area contributed by atoms with Crippen molar-refractivity contribution in [3.63, 3.8) is 0 Å². The zero-order valence-electron chi connectivity index (χ0n) is 16.3. The molecule has 1 saturated carbocycles. The fraction of sp³-hybridized carbons (Fsp3) is 0.571. The number of carbonyl (C=O) groups excluding carboxylic acids is 1. The van der Waals surface area contributed by atoms with Gasteiger partial charge in [0.1, 0.15) is 11.6 Å². The summed E-state index contributed by atoms with van der Waals surface area (Å²) in [6.07, 6.45) is 9.55. The predicted molar refractivity (Wildman–Crippen MR) is 107 cm³/mol. The molecule has 0 bridgehead atoms. The highest BCUT2D eigenvalue weighted by Crippen LogP contribution is 2.39. The highest BCUT2D eigenvalue weighted by Gasteiger charge is 2.29. The van der Waals surface area contributed by atoms with Crippen molar-refractivity contribution in [2.45, 2.75) is 57.9 Å². The second-order valence-corrected chi connectivity index (χ2v) is 8.20. The molecule has 27 heavy (non-hydrogen) atoms. The molecule has 6 nitrogen and oxygen atoms in total. The van der Waals surface area contributed by atoms with Gasteiger partial charge < -0.3 is 15.2 Å². The first kappa shape index (κ1) is 18.0. The molecule has 0 unspecified atom stereocenters. The van der Waals surface area contributed by atoms with Gasteiger partial charge in [0, 0.05) is 36.5 Å². The summed E-state index contributed by atoms with van der Waals surface area (Å²) < 4.78 is 0. The molecule has 1 aliphatic heterocycles. The Labute approximate surface area is 160 Å². The van der Waals surface area contributed by atoms with Gasteiger partial charge in [-0.3, -0.25) is 4.79 Å². The van der Waals surface area contributed by atoms with Crippen LogP contribution in [-0.2, 0) is 4.79 Å². The number of H-pyrrole nitrogens is 1. The molecule has 2 N–H and O–H groups in total. The molecular weight excluding hydrogens is 338 g/mol. The number of hydrogen-bond acceptors (Lipinski definition) is 4. The summed E-state index contributed by atoms with van der Waals surface area (Å²) in [5.41, 5.74) is 4.29. The summed E-state index contributed by atoms with van der Waals surface area (Å²) in [6, 6.07) is -0.278. The monoisotopic (exact) mass is 367 g/mol. The first-order valence-corrected chi connectivity index (χ1v) is 10.1. The van der Waals surface area contributed by atoms with Crippen LogP contribution in [0.15, 0.2) is 19.0 Å². The average Bonchev–Trinajstić information content (AvgIpc) is 3.45. The SMILES string of the molecule is C=C(N[C@@H](C(=O)N1CCCCC1)C(C)C)c1c[nH]c2ncc(C3CC3)nc12. The van der Waals surface area contributed by atoms with E-state index < -0.39 is 0 Å². The van der Waals surface area contributed by atoms with E-state index in [9.17, 15) is 4.79 Å². The minimum Gasteiger partial charge on any atom is -0.373 e. The molecular formula is C21H29N5O. The number of piperidine rings is 1. The highest BCUT2D eigenvalue weighted by atomic mass is 16.2. The summed E-state index contributed by atoms with van der Waals surface area (Å²) in [7, 11) is 0. The maximum Gasteiger partial charge on any atom is 0.245 e. The number of hydrogen-bond donors (Lipinski definition) is 2. The normalized spacial score (nSPS) is 18.7. The van der Waals surface area contributed by atoms with Crippen molar-refractivity contribution in [2.75, 3.05) is 13.1 Å². The van der Waals surface area contributed by atoms with E-state index in [0.29, 0.717) is 5.92 Å². The Hall–Kier alpha value is -2.37. The molecule has 2 aliphatic rings. The van der Waals surface area contributed by atoms with Gasteiger partial charge in [-0.15, -0.1) is 0 Å². The number of fused-ring (bicyclic) bond motifs is 1. The quantitative estimate of drug-likeness (QED) is 0.820. The minimum atomic E-state index is -0.278. The Balaban J connectivity index is 1.54. The summed E-state index contributed by atoms with van der Waals surface area (Å²) in [4.78, 5) is 27.5. The zero-order chi connectivity index (χ0) is 19.0. The van der Waals surface area contributed by atoms with E-state index in [4.69, 9.17) is 4.98 Å². The Kier molecular flexibility index (Phi) is 4.89. The molecule has 1 aliphatic carbocycles. The molecule has 1 atom stereocenters. The van der Waals surface area contributed by atoms with E-state index in [-0.39, 0.29) is 17.9 Å². The van der Waals surface area contributed by atoms with E-state index in [1.165, 1.54) is 19.3 Å². The standard InChI is InChI=1S/C21H29N5O/c1-13(2)18(21(27)26-9-5-4-6-10-26)24-14(3)16-11-22-20-19(16)25-17(12-23-20)15-7-8-15/h11-13,15,18,24H,3-10H2,1-2H3,(H,22,23)/t18-/m1/s1. The molecule has 3 heterocycles. The van der Waals surface area contributed by atoms with Gasteiger partial charge in [0.2, 0.25) is 5.91 Å². The third-order valence-electron chi connectivity index (χ3n) is 5.65. The second kappa shape index (κ2) is 7.33. The minimum absolute atomic E-state index is 0.175. The number of amides is 1. The van der Waals surface area contributed by atoms with E-state index in [1.807, 2.05) is 17.3 Å². The van der Waals surface area contributed by atoms with Crippen molar-refractivity contribution in [2.24, 2.45) is 5.92 Å². The summed E-state index contributed by atoms with van der Waals surface area (Å²) in [6.45, 7) is 10.1.